The van der Waals surface area contributed by atoms with Crippen molar-refractivity contribution in [3.63, 3.8) is 0 Å². The van der Waals surface area contributed by atoms with Gasteiger partial charge in [0.1, 0.15) is 0 Å². The lowest BCUT2D eigenvalue weighted by Crippen LogP contribution is -1.94. The predicted octanol–water partition coefficient (Wildman–Crippen LogP) is 4.51. The van der Waals surface area contributed by atoms with Crippen molar-refractivity contribution in [1.82, 2.24) is 0 Å². The molecule has 0 aromatic heterocycles. The second-order valence-corrected chi connectivity index (χ2v) is 4.46. The number of azo groups is 1. The van der Waals surface area contributed by atoms with Crippen LogP contribution in [-0.2, 0) is 12.8 Å². The Morgan fingerprint density at radius 1 is 0.824 bits per heavy atom. The maximum atomic E-state index is 4.37. The van der Waals surface area contributed by atoms with E-state index < -0.39 is 0 Å². The van der Waals surface area contributed by atoms with Gasteiger partial charge in [0.05, 0.1) is 11.4 Å². The third kappa shape index (κ3) is 1.98. The largest absolute Gasteiger partial charge is 0.150 e. The molecule has 0 saturated heterocycles. The van der Waals surface area contributed by atoms with E-state index in [2.05, 4.69) is 47.5 Å². The number of rotatable bonds is 0. The fourth-order valence-corrected chi connectivity index (χ4v) is 2.18. The number of hydrogen-bond donors (Lipinski definition) is 0. The molecule has 17 heavy (non-hydrogen) atoms. The molecule has 0 bridgehead atoms. The molecule has 0 aliphatic carbocycles. The van der Waals surface area contributed by atoms with E-state index in [0.717, 1.165) is 24.2 Å². The van der Waals surface area contributed by atoms with E-state index in [1.165, 1.54) is 16.7 Å². The average molecular weight is 222 g/mol. The van der Waals surface area contributed by atoms with Gasteiger partial charge in [0.15, 0.2) is 0 Å². The van der Waals surface area contributed by atoms with Crippen molar-refractivity contribution < 1.29 is 0 Å². The van der Waals surface area contributed by atoms with Gasteiger partial charge in [-0.25, -0.2) is 0 Å². The zero-order valence-corrected chi connectivity index (χ0v) is 9.85. The molecule has 3 rings (SSSR count). The Balaban J connectivity index is 2.10. The van der Waals surface area contributed by atoms with Gasteiger partial charge in [0, 0.05) is 0 Å². The van der Waals surface area contributed by atoms with Gasteiger partial charge < -0.3 is 0 Å². The van der Waals surface area contributed by atoms with Crippen LogP contribution in [0.2, 0.25) is 0 Å². The second-order valence-electron chi connectivity index (χ2n) is 4.46. The Bertz CT molecular complexity index is 585. The van der Waals surface area contributed by atoms with E-state index in [-0.39, 0.29) is 0 Å². The van der Waals surface area contributed by atoms with Gasteiger partial charge in [0.25, 0.3) is 0 Å². The molecule has 0 radical (unpaired) electrons. The zero-order valence-electron chi connectivity index (χ0n) is 9.85. The Kier molecular flexibility index (Phi) is 2.48. The van der Waals surface area contributed by atoms with Gasteiger partial charge in [-0.3, -0.25) is 0 Å². The van der Waals surface area contributed by atoms with Crippen LogP contribution < -0.4 is 0 Å². The smallest absolute Gasteiger partial charge is 0.0891 e. The van der Waals surface area contributed by atoms with Crippen LogP contribution in [0, 0.1) is 6.92 Å². The molecular formula is C15H14N2. The minimum atomic E-state index is 1.000. The Morgan fingerprint density at radius 2 is 1.53 bits per heavy atom. The molecule has 2 nitrogen and oxygen atoms in total. The summed E-state index contributed by atoms with van der Waals surface area (Å²) in [5, 5.41) is 8.73. The van der Waals surface area contributed by atoms with E-state index in [9.17, 15) is 0 Å². The number of aryl methyl sites for hydroxylation is 3. The van der Waals surface area contributed by atoms with Crippen LogP contribution in [0.4, 0.5) is 11.4 Å². The lowest BCUT2D eigenvalue weighted by atomic mass is 10.00. The van der Waals surface area contributed by atoms with Crippen molar-refractivity contribution >= 4 is 11.4 Å². The molecule has 0 fully saturated rings. The van der Waals surface area contributed by atoms with E-state index in [1.54, 1.807) is 0 Å². The summed E-state index contributed by atoms with van der Waals surface area (Å²) in [4.78, 5) is 0. The van der Waals surface area contributed by atoms with Gasteiger partial charge in [0.2, 0.25) is 0 Å². The number of fused-ring (bicyclic) bond motifs is 2. The normalized spacial score (nSPS) is 13.5. The van der Waals surface area contributed by atoms with Crippen molar-refractivity contribution in [3.05, 3.63) is 59.2 Å². The highest BCUT2D eigenvalue weighted by molar-refractivity contribution is 5.52. The Morgan fingerprint density at radius 3 is 2.41 bits per heavy atom. The third-order valence-electron chi connectivity index (χ3n) is 3.16. The van der Waals surface area contributed by atoms with Crippen LogP contribution in [0.15, 0.2) is 52.7 Å². The van der Waals surface area contributed by atoms with E-state index in [4.69, 9.17) is 0 Å². The van der Waals surface area contributed by atoms with Gasteiger partial charge in [-0.05, 0) is 48.6 Å². The van der Waals surface area contributed by atoms with Gasteiger partial charge >= 0.3 is 0 Å². The first-order chi connectivity index (χ1) is 8.33. The molecule has 2 heteroatoms. The lowest BCUT2D eigenvalue weighted by molar-refractivity contribution is 0.934. The minimum Gasteiger partial charge on any atom is -0.150 e. The fraction of sp³-hybridized carbons (Fsp3) is 0.200. The molecule has 0 N–H and O–H groups in total. The first-order valence-corrected chi connectivity index (χ1v) is 5.92. The summed E-state index contributed by atoms with van der Waals surface area (Å²) >= 11 is 0. The molecule has 0 saturated carbocycles. The summed E-state index contributed by atoms with van der Waals surface area (Å²) in [5.41, 5.74) is 5.81. The summed E-state index contributed by atoms with van der Waals surface area (Å²) in [7, 11) is 0. The fourth-order valence-electron chi connectivity index (χ4n) is 2.18. The molecule has 1 aliphatic heterocycles. The summed E-state index contributed by atoms with van der Waals surface area (Å²) in [6.07, 6.45) is 2.07. The van der Waals surface area contributed by atoms with E-state index in [0.29, 0.717) is 0 Å². The monoisotopic (exact) mass is 222 g/mol. The van der Waals surface area contributed by atoms with E-state index in [1.807, 2.05) is 12.1 Å². The maximum Gasteiger partial charge on any atom is 0.0891 e. The summed E-state index contributed by atoms with van der Waals surface area (Å²) in [6.45, 7) is 2.09. The molecule has 2 aromatic rings. The van der Waals surface area contributed by atoms with Crippen molar-refractivity contribution in [2.45, 2.75) is 19.8 Å². The van der Waals surface area contributed by atoms with Gasteiger partial charge in [-0.2, -0.15) is 10.2 Å². The number of hydrogen-bond acceptors (Lipinski definition) is 2. The highest BCUT2D eigenvalue weighted by Gasteiger charge is 2.08. The van der Waals surface area contributed by atoms with Crippen LogP contribution >= 0.6 is 0 Å². The Labute approximate surface area is 101 Å². The first-order valence-electron chi connectivity index (χ1n) is 5.92. The second kappa shape index (κ2) is 4.13. The average Bonchev–Trinajstić information content (AvgIpc) is 2.33. The van der Waals surface area contributed by atoms with E-state index >= 15 is 0 Å². The van der Waals surface area contributed by atoms with Crippen molar-refractivity contribution in [2.24, 2.45) is 10.2 Å². The summed E-state index contributed by atoms with van der Waals surface area (Å²) < 4.78 is 0. The van der Waals surface area contributed by atoms with Gasteiger partial charge in [-0.1, -0.05) is 30.3 Å². The number of nitrogens with zero attached hydrogens (tertiary/aromatic N) is 2. The van der Waals surface area contributed by atoms with Crippen LogP contribution in [0.3, 0.4) is 0 Å². The van der Waals surface area contributed by atoms with Gasteiger partial charge in [-0.15, -0.1) is 0 Å². The molecule has 0 unspecified atom stereocenters. The molecule has 84 valence electrons. The SMILES string of the molecule is Cc1ccc2c(c1)N=Nc1ccccc1CC2. The lowest BCUT2D eigenvalue weighted by Gasteiger charge is -2.11. The highest BCUT2D eigenvalue weighted by Crippen LogP contribution is 2.30. The molecule has 0 amide bonds. The van der Waals surface area contributed by atoms with Crippen LogP contribution in [-0.4, -0.2) is 0 Å². The van der Waals surface area contributed by atoms with Crippen LogP contribution in [0.25, 0.3) is 0 Å². The summed E-state index contributed by atoms with van der Waals surface area (Å²) in [6, 6.07) is 14.6. The third-order valence-corrected chi connectivity index (χ3v) is 3.16. The molecule has 0 atom stereocenters. The molecular weight excluding hydrogens is 208 g/mol. The van der Waals surface area contributed by atoms with Crippen molar-refractivity contribution in [1.29, 1.82) is 0 Å². The van der Waals surface area contributed by atoms with Crippen LogP contribution in [0.5, 0.6) is 0 Å². The highest BCUT2D eigenvalue weighted by atomic mass is 15.1. The molecule has 1 heterocycles. The maximum absolute atomic E-state index is 4.37. The topological polar surface area (TPSA) is 24.7 Å². The first kappa shape index (κ1) is 10.2. The summed E-state index contributed by atoms with van der Waals surface area (Å²) in [5.74, 6) is 0. The zero-order chi connectivity index (χ0) is 11.7. The molecule has 0 spiro atoms. The van der Waals surface area contributed by atoms with Crippen molar-refractivity contribution in [2.75, 3.05) is 0 Å². The van der Waals surface area contributed by atoms with Crippen LogP contribution in [0.1, 0.15) is 16.7 Å². The predicted molar refractivity (Wildman–Crippen MR) is 69.2 cm³/mol. The number of benzene rings is 2. The molecule has 2 aromatic carbocycles. The quantitative estimate of drug-likeness (QED) is 0.626. The van der Waals surface area contributed by atoms with Crippen molar-refractivity contribution in [3.8, 4) is 0 Å². The molecule has 1 aliphatic rings. The standard InChI is InChI=1S/C15H14N2/c1-11-6-7-13-9-8-12-4-2-3-5-14(12)16-17-15(13)10-11/h2-7,10H,8-9H2,1H3. The minimum absolute atomic E-state index is 1.000. The Hall–Kier alpha value is -1.96.